The van der Waals surface area contributed by atoms with Crippen LogP contribution in [0.3, 0.4) is 0 Å². The van der Waals surface area contributed by atoms with Gasteiger partial charge in [0, 0.05) is 38.1 Å². The van der Waals surface area contributed by atoms with E-state index in [1.165, 1.54) is 12.1 Å². The Hall–Kier alpha value is -5.30. The van der Waals surface area contributed by atoms with Gasteiger partial charge in [0.2, 0.25) is 23.6 Å². The number of benzene rings is 3. The predicted octanol–water partition coefficient (Wildman–Crippen LogP) is 3.62. The number of amides is 5. The first kappa shape index (κ1) is 39.4. The molecule has 0 bridgehead atoms. The number of hydrogen-bond acceptors (Lipinski definition) is 7. The number of nitrogens with one attached hydrogen (secondary N) is 5. The second kappa shape index (κ2) is 18.4. The molecule has 3 aromatic rings. The van der Waals surface area contributed by atoms with Crippen molar-refractivity contribution in [3.05, 3.63) is 101 Å². The summed E-state index contributed by atoms with van der Waals surface area (Å²) in [6, 6.07) is 20.0. The minimum Gasteiger partial charge on any atom is -0.493 e. The van der Waals surface area contributed by atoms with E-state index in [0.29, 0.717) is 58.2 Å². The lowest BCUT2D eigenvalue weighted by molar-refractivity contribution is -0.138. The van der Waals surface area contributed by atoms with E-state index >= 15 is 0 Å². The summed E-state index contributed by atoms with van der Waals surface area (Å²) < 4.78 is 26.0. The molecule has 12 nitrogen and oxygen atoms in total. The Morgan fingerprint density at radius 1 is 0.818 bits per heavy atom. The van der Waals surface area contributed by atoms with Gasteiger partial charge in [0.1, 0.15) is 29.2 Å². The smallest absolute Gasteiger partial charge is 0.255 e. The third-order valence-electron chi connectivity index (χ3n) is 10.9. The summed E-state index contributed by atoms with van der Waals surface area (Å²) in [7, 11) is 0. The summed E-state index contributed by atoms with van der Waals surface area (Å²) in [5, 5.41) is 14.5. The maximum atomic E-state index is 14.4. The zero-order valence-corrected chi connectivity index (χ0v) is 31.0. The number of ether oxygens (including phenoxy) is 2. The van der Waals surface area contributed by atoms with Crippen molar-refractivity contribution < 1.29 is 37.8 Å². The van der Waals surface area contributed by atoms with Crippen LogP contribution < -0.4 is 31.3 Å². The molecule has 5 N–H and O–H groups in total. The lowest BCUT2D eigenvalue weighted by atomic mass is 9.74. The molecule has 6 rings (SSSR count). The maximum Gasteiger partial charge on any atom is 0.255 e. The topological polar surface area (TPSA) is 164 Å². The highest BCUT2D eigenvalue weighted by Gasteiger charge is 2.43. The summed E-state index contributed by atoms with van der Waals surface area (Å²) in [5.74, 6) is -2.81. The molecule has 0 aromatic heterocycles. The molecular weight excluding hydrogens is 705 g/mol. The highest BCUT2D eigenvalue weighted by Crippen LogP contribution is 2.35. The van der Waals surface area contributed by atoms with Crippen LogP contribution in [0.1, 0.15) is 79.3 Å². The molecule has 2 aliphatic heterocycles. The molecule has 2 heterocycles. The fourth-order valence-electron chi connectivity index (χ4n) is 7.76. The summed E-state index contributed by atoms with van der Waals surface area (Å²) >= 11 is 0. The lowest BCUT2D eigenvalue weighted by Gasteiger charge is -2.39. The first-order chi connectivity index (χ1) is 26.7. The summed E-state index contributed by atoms with van der Waals surface area (Å²) in [6.07, 6.45) is 4.14. The minimum atomic E-state index is -1.34. The predicted molar refractivity (Wildman–Crippen MR) is 203 cm³/mol. The van der Waals surface area contributed by atoms with Crippen LogP contribution in [0.5, 0.6) is 5.75 Å². The molecule has 1 saturated heterocycles. The van der Waals surface area contributed by atoms with E-state index in [1.54, 1.807) is 30.3 Å². The zero-order valence-electron chi connectivity index (χ0n) is 31.0. The normalized spacial score (nSPS) is 22.3. The van der Waals surface area contributed by atoms with E-state index in [0.717, 1.165) is 17.5 Å². The third kappa shape index (κ3) is 10.1. The van der Waals surface area contributed by atoms with Crippen molar-refractivity contribution in [3.8, 4) is 5.75 Å². The quantitative estimate of drug-likeness (QED) is 0.257. The van der Waals surface area contributed by atoms with Crippen LogP contribution in [0, 0.1) is 5.82 Å². The number of para-hydroxylation sites is 1. The van der Waals surface area contributed by atoms with Gasteiger partial charge in [-0.05, 0) is 67.5 Å². The average Bonchev–Trinajstić information content (AvgIpc) is 3.20. The van der Waals surface area contributed by atoms with Gasteiger partial charge in [0.05, 0.1) is 18.6 Å². The molecule has 2 atom stereocenters. The Labute approximate surface area is 320 Å². The number of rotatable bonds is 6. The lowest BCUT2D eigenvalue weighted by Crippen LogP contribution is -2.63. The van der Waals surface area contributed by atoms with Crippen LogP contribution in [0.25, 0.3) is 0 Å². The molecule has 55 heavy (non-hydrogen) atoms. The molecule has 3 aromatic carbocycles. The molecule has 1 saturated carbocycles. The van der Waals surface area contributed by atoms with E-state index in [4.69, 9.17) is 9.47 Å². The van der Waals surface area contributed by atoms with Crippen LogP contribution in [-0.4, -0.2) is 80.1 Å². The van der Waals surface area contributed by atoms with Crippen LogP contribution >= 0.6 is 0 Å². The summed E-state index contributed by atoms with van der Waals surface area (Å²) in [4.78, 5) is 69.8. The maximum absolute atomic E-state index is 14.4. The Bertz CT molecular complexity index is 1830. The monoisotopic (exact) mass is 755 g/mol. The average molecular weight is 756 g/mol. The molecule has 1 spiro atoms. The molecule has 5 amide bonds. The van der Waals surface area contributed by atoms with Gasteiger partial charge in [0.25, 0.3) is 5.91 Å². The summed E-state index contributed by atoms with van der Waals surface area (Å²) in [5.41, 5.74) is -0.220. The minimum absolute atomic E-state index is 0.115. The van der Waals surface area contributed by atoms with Gasteiger partial charge < -0.3 is 36.1 Å². The first-order valence-corrected chi connectivity index (χ1v) is 19.2. The second-order valence-electron chi connectivity index (χ2n) is 14.7. The Balaban J connectivity index is 1.29. The van der Waals surface area contributed by atoms with E-state index < -0.39 is 58.9 Å². The number of hydrogen-bond donors (Lipinski definition) is 5. The van der Waals surface area contributed by atoms with Crippen molar-refractivity contribution in [1.82, 2.24) is 26.6 Å². The van der Waals surface area contributed by atoms with Crippen molar-refractivity contribution in [1.29, 1.82) is 0 Å². The van der Waals surface area contributed by atoms with Crippen LogP contribution in [-0.2, 0) is 35.8 Å². The highest BCUT2D eigenvalue weighted by molar-refractivity contribution is 6.01. The summed E-state index contributed by atoms with van der Waals surface area (Å²) in [6.45, 7) is 1.38. The zero-order chi connectivity index (χ0) is 38.7. The van der Waals surface area contributed by atoms with E-state index in [9.17, 15) is 28.4 Å². The molecule has 0 radical (unpaired) electrons. The Kier molecular flexibility index (Phi) is 13.1. The fourth-order valence-corrected chi connectivity index (χ4v) is 7.76. The number of carbonyl (C=O) groups excluding carboxylic acids is 5. The van der Waals surface area contributed by atoms with Crippen molar-refractivity contribution in [2.75, 3.05) is 32.9 Å². The molecule has 2 fully saturated rings. The number of carbonyl (C=O) groups is 5. The number of fused-ring (bicyclic) bond motifs is 1. The van der Waals surface area contributed by atoms with Gasteiger partial charge in [-0.1, -0.05) is 73.9 Å². The Morgan fingerprint density at radius 3 is 2.33 bits per heavy atom. The molecular formula is C42H50FN5O7. The molecule has 292 valence electrons. The van der Waals surface area contributed by atoms with Gasteiger partial charge in [0.15, 0.2) is 0 Å². The number of halogens is 1. The SMILES string of the molecule is O=C1C[C@@H](C(=O)NCC2(c3cccc(F)c3)CCOCC2)NC(=O)c2ccccc2OCCCNC(=O)[C@H](Cc2ccccc2)NC(=O)C2(CCCCC2)N1. The van der Waals surface area contributed by atoms with E-state index in [1.807, 2.05) is 36.4 Å². The van der Waals surface area contributed by atoms with Crippen LogP contribution in [0.2, 0.25) is 0 Å². The first-order valence-electron chi connectivity index (χ1n) is 19.2. The van der Waals surface area contributed by atoms with Gasteiger partial charge in [-0.3, -0.25) is 24.0 Å². The second-order valence-corrected chi connectivity index (χ2v) is 14.7. The standard InChI is InChI=1S/C42H50FN5O7/c43-31-14-9-13-30(26-31)41(19-23-54-24-20-41)28-45-39(52)34-27-36(49)48-42(17-7-2-8-18-42)40(53)47-33(25-29-11-3-1-4-12-29)38(51)44-21-10-22-55-35-16-6-5-15-32(35)37(50)46-34/h1,3-6,9,11-16,26,33-34H,2,7-8,10,17-25,27-28H2,(H,44,51)(H,45,52)(H,46,50)(H,47,53)(H,48,49)/t33-,34-/m0/s1. The van der Waals surface area contributed by atoms with Gasteiger partial charge in [-0.25, -0.2) is 4.39 Å². The van der Waals surface area contributed by atoms with Gasteiger partial charge in [-0.15, -0.1) is 0 Å². The molecule has 13 heteroatoms. The van der Waals surface area contributed by atoms with Crippen LogP contribution in [0.15, 0.2) is 78.9 Å². The molecule has 0 unspecified atom stereocenters. The van der Waals surface area contributed by atoms with Gasteiger partial charge in [-0.2, -0.15) is 0 Å². The molecule has 1 aliphatic carbocycles. The van der Waals surface area contributed by atoms with Gasteiger partial charge >= 0.3 is 0 Å². The fraction of sp³-hybridized carbons (Fsp3) is 0.452. The third-order valence-corrected chi connectivity index (χ3v) is 10.9. The van der Waals surface area contributed by atoms with E-state index in [2.05, 4.69) is 26.6 Å². The highest BCUT2D eigenvalue weighted by atomic mass is 19.1. The Morgan fingerprint density at radius 2 is 1.56 bits per heavy atom. The largest absolute Gasteiger partial charge is 0.493 e. The van der Waals surface area contributed by atoms with E-state index in [-0.39, 0.29) is 43.3 Å². The van der Waals surface area contributed by atoms with Crippen molar-refractivity contribution in [2.45, 2.75) is 87.2 Å². The van der Waals surface area contributed by atoms with Crippen LogP contribution in [0.4, 0.5) is 4.39 Å². The molecule has 3 aliphatic rings. The van der Waals surface area contributed by atoms with Crippen molar-refractivity contribution in [2.24, 2.45) is 0 Å². The van der Waals surface area contributed by atoms with Crippen molar-refractivity contribution >= 4 is 29.5 Å². The van der Waals surface area contributed by atoms with Crippen molar-refractivity contribution in [3.63, 3.8) is 0 Å².